The Morgan fingerprint density at radius 2 is 1.92 bits per heavy atom. The second-order valence-electron chi connectivity index (χ2n) is 5.09. The molecule has 0 saturated heterocycles. The summed E-state index contributed by atoms with van der Waals surface area (Å²) in [4.78, 5) is 27.4. The zero-order valence-corrected chi connectivity index (χ0v) is 13.5. The summed E-state index contributed by atoms with van der Waals surface area (Å²) in [6.07, 6.45) is 0. The van der Waals surface area contributed by atoms with Gasteiger partial charge in [-0.1, -0.05) is 42.5 Å². The van der Waals surface area contributed by atoms with Gasteiger partial charge in [-0.25, -0.2) is 4.98 Å². The first-order valence-electron chi connectivity index (χ1n) is 7.12. The average Bonchev–Trinajstić information content (AvgIpc) is 3.03. The smallest absolute Gasteiger partial charge is 0.285 e. The van der Waals surface area contributed by atoms with Gasteiger partial charge in [0.25, 0.3) is 11.6 Å². The monoisotopic (exact) mass is 339 g/mol. The molecule has 24 heavy (non-hydrogen) atoms. The van der Waals surface area contributed by atoms with Gasteiger partial charge < -0.3 is 0 Å². The van der Waals surface area contributed by atoms with Crippen LogP contribution in [0.4, 0.5) is 10.8 Å². The maximum atomic E-state index is 12.4. The molecule has 0 saturated carbocycles. The lowest BCUT2D eigenvalue weighted by atomic mass is 10.1. The highest BCUT2D eigenvalue weighted by atomic mass is 32.1. The molecule has 1 N–H and O–H groups in total. The van der Waals surface area contributed by atoms with Crippen LogP contribution < -0.4 is 5.32 Å². The van der Waals surface area contributed by atoms with Crippen molar-refractivity contribution in [3.05, 3.63) is 75.2 Å². The van der Waals surface area contributed by atoms with Gasteiger partial charge in [-0.3, -0.25) is 20.2 Å². The van der Waals surface area contributed by atoms with Gasteiger partial charge in [0, 0.05) is 16.5 Å². The topological polar surface area (TPSA) is 85.1 Å². The van der Waals surface area contributed by atoms with Crippen LogP contribution >= 0.6 is 11.3 Å². The number of carbonyl (C=O) groups is 1. The second-order valence-corrected chi connectivity index (χ2v) is 5.94. The molecule has 2 aromatic carbocycles. The number of amides is 1. The van der Waals surface area contributed by atoms with E-state index in [-0.39, 0.29) is 11.3 Å². The Bertz CT molecular complexity index is 906. The Hall–Kier alpha value is -3.06. The number of hydrogen-bond acceptors (Lipinski definition) is 5. The number of nitro groups is 1. The fourth-order valence-electron chi connectivity index (χ4n) is 2.32. The predicted octanol–water partition coefficient (Wildman–Crippen LogP) is 4.28. The summed E-state index contributed by atoms with van der Waals surface area (Å²) in [5, 5.41) is 16.1. The van der Waals surface area contributed by atoms with Crippen LogP contribution in [0.5, 0.6) is 0 Å². The van der Waals surface area contributed by atoms with E-state index in [1.165, 1.54) is 17.4 Å². The minimum absolute atomic E-state index is 0.0245. The SMILES string of the molecule is Cc1cccc(C(=O)Nc2nc(-c3ccccc3)cs2)c1[N+](=O)[O-]. The van der Waals surface area contributed by atoms with Crippen LogP contribution in [0.3, 0.4) is 0 Å². The molecule has 1 heterocycles. The third kappa shape index (κ3) is 3.16. The van der Waals surface area contributed by atoms with Crippen molar-refractivity contribution >= 4 is 28.1 Å². The van der Waals surface area contributed by atoms with E-state index in [4.69, 9.17) is 0 Å². The predicted molar refractivity (Wildman–Crippen MR) is 93.3 cm³/mol. The summed E-state index contributed by atoms with van der Waals surface area (Å²) in [6, 6.07) is 14.2. The van der Waals surface area contributed by atoms with Crippen LogP contribution in [0, 0.1) is 17.0 Å². The number of aryl methyl sites for hydroxylation is 1. The molecule has 7 heteroatoms. The highest BCUT2D eigenvalue weighted by Gasteiger charge is 2.23. The quantitative estimate of drug-likeness (QED) is 0.568. The zero-order valence-electron chi connectivity index (χ0n) is 12.7. The number of thiazole rings is 1. The van der Waals surface area contributed by atoms with Crippen LogP contribution in [0.15, 0.2) is 53.9 Å². The molecule has 0 atom stereocenters. The number of aromatic nitrogens is 1. The van der Waals surface area contributed by atoms with Crippen LogP contribution in [0.25, 0.3) is 11.3 Å². The van der Waals surface area contributed by atoms with E-state index in [1.54, 1.807) is 19.1 Å². The van der Waals surface area contributed by atoms with Gasteiger partial charge >= 0.3 is 0 Å². The molecule has 1 amide bonds. The molecular weight excluding hydrogens is 326 g/mol. The molecule has 6 nitrogen and oxygen atoms in total. The Kier molecular flexibility index (Phi) is 4.35. The summed E-state index contributed by atoms with van der Waals surface area (Å²) >= 11 is 1.27. The molecule has 0 aliphatic heterocycles. The summed E-state index contributed by atoms with van der Waals surface area (Å²) in [6.45, 7) is 1.60. The number of para-hydroxylation sites is 1. The van der Waals surface area contributed by atoms with Gasteiger partial charge in [-0.2, -0.15) is 0 Å². The molecule has 0 radical (unpaired) electrons. The molecule has 1 aromatic heterocycles. The molecule has 3 aromatic rings. The lowest BCUT2D eigenvalue weighted by Crippen LogP contribution is -2.14. The van der Waals surface area contributed by atoms with Gasteiger partial charge in [-0.15, -0.1) is 11.3 Å². The normalized spacial score (nSPS) is 10.4. The number of hydrogen-bond donors (Lipinski definition) is 1. The summed E-state index contributed by atoms with van der Waals surface area (Å²) in [5.41, 5.74) is 1.97. The molecule has 0 bridgehead atoms. The van der Waals surface area contributed by atoms with Gasteiger partial charge in [0.2, 0.25) is 0 Å². The Labute approximate surface area is 141 Å². The number of nitro benzene ring substituents is 1. The second kappa shape index (κ2) is 6.59. The lowest BCUT2D eigenvalue weighted by Gasteiger charge is -2.05. The maximum Gasteiger partial charge on any atom is 0.285 e. The van der Waals surface area contributed by atoms with Crippen LogP contribution in [0.1, 0.15) is 15.9 Å². The third-order valence-corrected chi connectivity index (χ3v) is 4.22. The minimum atomic E-state index is -0.542. The molecule has 0 aliphatic rings. The summed E-state index contributed by atoms with van der Waals surface area (Å²) in [5.74, 6) is -0.542. The van der Waals surface area contributed by atoms with Crippen molar-refractivity contribution in [3.8, 4) is 11.3 Å². The van der Waals surface area contributed by atoms with Crippen LogP contribution in [-0.4, -0.2) is 15.8 Å². The summed E-state index contributed by atoms with van der Waals surface area (Å²) in [7, 11) is 0. The maximum absolute atomic E-state index is 12.4. The van der Waals surface area contributed by atoms with Crippen LogP contribution in [0.2, 0.25) is 0 Å². The molecular formula is C17H13N3O3S. The number of anilines is 1. The molecule has 0 aliphatic carbocycles. The third-order valence-electron chi connectivity index (χ3n) is 3.46. The first kappa shape index (κ1) is 15.8. The van der Waals surface area contributed by atoms with E-state index >= 15 is 0 Å². The largest absolute Gasteiger partial charge is 0.298 e. The van der Waals surface area contributed by atoms with E-state index < -0.39 is 10.8 Å². The first-order valence-corrected chi connectivity index (χ1v) is 8.00. The van der Waals surface area contributed by atoms with Crippen LogP contribution in [-0.2, 0) is 0 Å². The number of rotatable bonds is 4. The minimum Gasteiger partial charge on any atom is -0.298 e. The van der Waals surface area contributed by atoms with Crippen molar-refractivity contribution in [1.29, 1.82) is 0 Å². The van der Waals surface area contributed by atoms with Crippen molar-refractivity contribution < 1.29 is 9.72 Å². The van der Waals surface area contributed by atoms with Crippen molar-refractivity contribution in [2.24, 2.45) is 0 Å². The van der Waals surface area contributed by atoms with Gasteiger partial charge in [-0.05, 0) is 13.0 Å². The van der Waals surface area contributed by atoms with Crippen molar-refractivity contribution in [3.63, 3.8) is 0 Å². The van der Waals surface area contributed by atoms with E-state index in [2.05, 4.69) is 10.3 Å². The number of benzene rings is 2. The Balaban J connectivity index is 1.85. The molecule has 0 unspecified atom stereocenters. The lowest BCUT2D eigenvalue weighted by molar-refractivity contribution is -0.385. The van der Waals surface area contributed by atoms with E-state index in [9.17, 15) is 14.9 Å². The number of nitrogens with zero attached hydrogens (tertiary/aromatic N) is 2. The Morgan fingerprint density at radius 3 is 2.62 bits per heavy atom. The first-order chi connectivity index (χ1) is 11.6. The van der Waals surface area contributed by atoms with Crippen molar-refractivity contribution in [2.75, 3.05) is 5.32 Å². The standard InChI is InChI=1S/C17H13N3O3S/c1-11-6-5-9-13(15(11)20(22)23)16(21)19-17-18-14(10-24-17)12-7-3-2-4-8-12/h2-10H,1H3,(H,18,19,21). The zero-order chi connectivity index (χ0) is 17.1. The highest BCUT2D eigenvalue weighted by Crippen LogP contribution is 2.27. The number of carbonyl (C=O) groups excluding carboxylic acids is 1. The fraction of sp³-hybridized carbons (Fsp3) is 0.0588. The van der Waals surface area contributed by atoms with Crippen molar-refractivity contribution in [1.82, 2.24) is 4.98 Å². The van der Waals surface area contributed by atoms with Gasteiger partial charge in [0.15, 0.2) is 5.13 Å². The average molecular weight is 339 g/mol. The highest BCUT2D eigenvalue weighted by molar-refractivity contribution is 7.14. The van der Waals surface area contributed by atoms with E-state index in [0.717, 1.165) is 11.3 Å². The molecule has 120 valence electrons. The Morgan fingerprint density at radius 1 is 1.17 bits per heavy atom. The van der Waals surface area contributed by atoms with E-state index in [1.807, 2.05) is 35.7 Å². The van der Waals surface area contributed by atoms with E-state index in [0.29, 0.717) is 10.7 Å². The van der Waals surface area contributed by atoms with Gasteiger partial charge in [0.05, 0.1) is 10.6 Å². The molecule has 0 spiro atoms. The fourth-order valence-corrected chi connectivity index (χ4v) is 3.04. The number of nitrogens with one attached hydrogen (secondary N) is 1. The molecule has 3 rings (SSSR count). The summed E-state index contributed by atoms with van der Waals surface area (Å²) < 4.78 is 0. The molecule has 0 fully saturated rings. The van der Waals surface area contributed by atoms with Gasteiger partial charge in [0.1, 0.15) is 5.56 Å². The van der Waals surface area contributed by atoms with Crippen molar-refractivity contribution in [2.45, 2.75) is 6.92 Å².